The van der Waals surface area contributed by atoms with E-state index in [-0.39, 0.29) is 0 Å². The molecule has 0 atom stereocenters. The third-order valence-corrected chi connectivity index (χ3v) is 5.91. The number of hydrogen-bond acceptors (Lipinski definition) is 1. The second-order valence-electron chi connectivity index (χ2n) is 6.97. The minimum atomic E-state index is 0.404. The summed E-state index contributed by atoms with van der Waals surface area (Å²) in [5.74, 6) is 3.02. The highest BCUT2D eigenvalue weighted by molar-refractivity contribution is 7.80. The molecule has 3 heteroatoms. The molecule has 0 aromatic carbocycles. The maximum absolute atomic E-state index is 5.58. The second kappa shape index (κ2) is 3.59. The van der Waals surface area contributed by atoms with Gasteiger partial charge < -0.3 is 10.2 Å². The Kier molecular flexibility index (Phi) is 2.24. The van der Waals surface area contributed by atoms with Gasteiger partial charge in [-0.3, -0.25) is 0 Å². The molecule has 0 aromatic heterocycles. The van der Waals surface area contributed by atoms with Gasteiger partial charge in [-0.15, -0.1) is 0 Å². The molecule has 4 bridgehead atoms. The van der Waals surface area contributed by atoms with Crippen LogP contribution in [0.5, 0.6) is 0 Å². The smallest absolute Gasteiger partial charge is 0.169 e. The molecule has 0 unspecified atom stereocenters. The third-order valence-electron chi connectivity index (χ3n) is 5.55. The monoisotopic (exact) mass is 250 g/mol. The van der Waals surface area contributed by atoms with Crippen molar-refractivity contribution in [2.24, 2.45) is 17.8 Å². The van der Waals surface area contributed by atoms with Gasteiger partial charge in [0.25, 0.3) is 0 Å². The van der Waals surface area contributed by atoms with Gasteiger partial charge in [0.05, 0.1) is 0 Å². The van der Waals surface area contributed by atoms with E-state index < -0.39 is 0 Å². The standard InChI is InChI=1S/C14H22N2S/c17-13(16-2-1-3-16)15-14-7-10-4-11(8-14)6-12(5-10)9-14/h10-12H,1-9H2,(H,15,17). The first-order valence-electron chi connectivity index (χ1n) is 7.30. The number of rotatable bonds is 1. The van der Waals surface area contributed by atoms with Crippen LogP contribution in [-0.4, -0.2) is 28.6 Å². The van der Waals surface area contributed by atoms with Gasteiger partial charge in [-0.1, -0.05) is 0 Å². The normalized spacial score (nSPS) is 46.8. The lowest BCUT2D eigenvalue weighted by molar-refractivity contribution is -0.0116. The average Bonchev–Trinajstić information content (AvgIpc) is 2.09. The van der Waals surface area contributed by atoms with Gasteiger partial charge >= 0.3 is 0 Å². The van der Waals surface area contributed by atoms with Crippen LogP contribution in [0.3, 0.4) is 0 Å². The van der Waals surface area contributed by atoms with Crippen molar-refractivity contribution in [2.75, 3.05) is 13.1 Å². The molecule has 4 saturated carbocycles. The Morgan fingerprint density at radius 2 is 1.53 bits per heavy atom. The molecule has 5 aliphatic rings. The van der Waals surface area contributed by atoms with Crippen LogP contribution in [0.4, 0.5) is 0 Å². The topological polar surface area (TPSA) is 15.3 Å². The van der Waals surface area contributed by atoms with Crippen LogP contribution in [0.25, 0.3) is 0 Å². The average molecular weight is 250 g/mol. The van der Waals surface area contributed by atoms with Crippen molar-refractivity contribution in [3.05, 3.63) is 0 Å². The Bertz CT molecular complexity index is 313. The van der Waals surface area contributed by atoms with Gasteiger partial charge in [-0.2, -0.15) is 0 Å². The number of hydrogen-bond donors (Lipinski definition) is 1. The summed E-state index contributed by atoms with van der Waals surface area (Å²) in [5.41, 5.74) is 0.404. The minimum absolute atomic E-state index is 0.404. The predicted molar refractivity (Wildman–Crippen MR) is 72.8 cm³/mol. The summed E-state index contributed by atoms with van der Waals surface area (Å²) >= 11 is 5.58. The van der Waals surface area contributed by atoms with Crippen molar-refractivity contribution in [3.8, 4) is 0 Å². The molecule has 4 aliphatic carbocycles. The summed E-state index contributed by atoms with van der Waals surface area (Å²) < 4.78 is 0. The van der Waals surface area contributed by atoms with E-state index in [1.165, 1.54) is 58.0 Å². The summed E-state index contributed by atoms with van der Waals surface area (Å²) in [6.07, 6.45) is 10.0. The van der Waals surface area contributed by atoms with Crippen LogP contribution in [0.15, 0.2) is 0 Å². The highest BCUT2D eigenvalue weighted by atomic mass is 32.1. The van der Waals surface area contributed by atoms with Crippen molar-refractivity contribution in [2.45, 2.75) is 50.5 Å². The van der Waals surface area contributed by atoms with E-state index in [9.17, 15) is 0 Å². The minimum Gasteiger partial charge on any atom is -0.357 e. The molecule has 5 fully saturated rings. The van der Waals surface area contributed by atoms with Gasteiger partial charge in [-0.05, 0) is 74.9 Å². The molecule has 0 aromatic rings. The van der Waals surface area contributed by atoms with E-state index in [1.807, 2.05) is 0 Å². The maximum atomic E-state index is 5.58. The van der Waals surface area contributed by atoms with Crippen LogP contribution >= 0.6 is 12.2 Å². The lowest BCUT2D eigenvalue weighted by Crippen LogP contribution is -2.63. The molecular formula is C14H22N2S. The van der Waals surface area contributed by atoms with Crippen molar-refractivity contribution >= 4 is 17.3 Å². The molecular weight excluding hydrogens is 228 g/mol. The van der Waals surface area contributed by atoms with Gasteiger partial charge in [-0.25, -0.2) is 0 Å². The van der Waals surface area contributed by atoms with Crippen LogP contribution < -0.4 is 5.32 Å². The van der Waals surface area contributed by atoms with Gasteiger partial charge in [0, 0.05) is 18.6 Å². The zero-order chi connectivity index (χ0) is 11.5. The fourth-order valence-electron chi connectivity index (χ4n) is 5.09. The number of likely N-dealkylation sites (tertiary alicyclic amines) is 1. The second-order valence-corrected chi connectivity index (χ2v) is 7.36. The zero-order valence-electron chi connectivity index (χ0n) is 10.5. The molecule has 2 nitrogen and oxygen atoms in total. The van der Waals surface area contributed by atoms with E-state index in [0.29, 0.717) is 5.54 Å². The molecule has 94 valence electrons. The van der Waals surface area contributed by atoms with E-state index in [4.69, 9.17) is 12.2 Å². The Labute approximate surface area is 109 Å². The summed E-state index contributed by atoms with van der Waals surface area (Å²) in [6.45, 7) is 2.36. The van der Waals surface area contributed by atoms with Crippen LogP contribution in [0.1, 0.15) is 44.9 Å². The van der Waals surface area contributed by atoms with Gasteiger partial charge in [0.15, 0.2) is 5.11 Å². The van der Waals surface area contributed by atoms with Crippen molar-refractivity contribution < 1.29 is 0 Å². The van der Waals surface area contributed by atoms with Gasteiger partial charge in [0.1, 0.15) is 0 Å². The van der Waals surface area contributed by atoms with Crippen molar-refractivity contribution in [1.82, 2.24) is 10.2 Å². The Balaban J connectivity index is 1.50. The van der Waals surface area contributed by atoms with Crippen LogP contribution in [-0.2, 0) is 0 Å². The van der Waals surface area contributed by atoms with E-state index in [1.54, 1.807) is 0 Å². The molecule has 0 spiro atoms. The number of nitrogens with one attached hydrogen (secondary N) is 1. The quantitative estimate of drug-likeness (QED) is 0.720. The fourth-order valence-corrected chi connectivity index (χ4v) is 5.49. The van der Waals surface area contributed by atoms with E-state index in [2.05, 4.69) is 10.2 Å². The third kappa shape index (κ3) is 1.69. The molecule has 1 saturated heterocycles. The molecule has 1 N–H and O–H groups in total. The van der Waals surface area contributed by atoms with Crippen molar-refractivity contribution in [1.29, 1.82) is 0 Å². The summed E-state index contributed by atoms with van der Waals surface area (Å²) in [5, 5.41) is 4.84. The van der Waals surface area contributed by atoms with E-state index >= 15 is 0 Å². The Hall–Kier alpha value is -0.310. The van der Waals surface area contributed by atoms with Gasteiger partial charge in [0.2, 0.25) is 0 Å². The fraction of sp³-hybridized carbons (Fsp3) is 0.929. The summed E-state index contributed by atoms with van der Waals surface area (Å²) in [7, 11) is 0. The number of nitrogens with zero attached hydrogens (tertiary/aromatic N) is 1. The highest BCUT2D eigenvalue weighted by Gasteiger charge is 2.51. The summed E-state index contributed by atoms with van der Waals surface area (Å²) in [4.78, 5) is 2.34. The first-order chi connectivity index (χ1) is 8.22. The zero-order valence-corrected chi connectivity index (χ0v) is 11.3. The van der Waals surface area contributed by atoms with Crippen LogP contribution in [0.2, 0.25) is 0 Å². The maximum Gasteiger partial charge on any atom is 0.169 e. The predicted octanol–water partition coefficient (Wildman–Crippen LogP) is 2.54. The molecule has 5 rings (SSSR count). The SMILES string of the molecule is S=C(NC12CC3CC(CC(C3)C1)C2)N1CCC1. The van der Waals surface area contributed by atoms with E-state index in [0.717, 1.165) is 22.9 Å². The lowest BCUT2D eigenvalue weighted by Gasteiger charge is -2.57. The molecule has 17 heavy (non-hydrogen) atoms. The van der Waals surface area contributed by atoms with Crippen molar-refractivity contribution in [3.63, 3.8) is 0 Å². The molecule has 0 amide bonds. The van der Waals surface area contributed by atoms with Crippen LogP contribution in [0, 0.1) is 17.8 Å². The Morgan fingerprint density at radius 3 is 1.94 bits per heavy atom. The first-order valence-corrected chi connectivity index (χ1v) is 7.70. The lowest BCUT2D eigenvalue weighted by atomic mass is 9.53. The highest BCUT2D eigenvalue weighted by Crippen LogP contribution is 2.55. The first kappa shape index (κ1) is 10.6. The summed E-state index contributed by atoms with van der Waals surface area (Å²) in [6, 6.07) is 0. The largest absolute Gasteiger partial charge is 0.357 e. The molecule has 1 aliphatic heterocycles. The Morgan fingerprint density at radius 1 is 1.00 bits per heavy atom. The number of thiocarbonyl (C=S) groups is 1. The molecule has 1 heterocycles. The molecule has 0 radical (unpaired) electrons.